The van der Waals surface area contributed by atoms with Gasteiger partial charge in [-0.1, -0.05) is 12.1 Å². The van der Waals surface area contributed by atoms with Gasteiger partial charge in [-0.05, 0) is 58.2 Å². The fraction of sp³-hybridized carbons (Fsp3) is 0.143. The highest BCUT2D eigenvalue weighted by molar-refractivity contribution is 9.10. The molecule has 0 amide bonds. The maximum Gasteiger partial charge on any atom is 0.159 e. The third-order valence-corrected chi connectivity index (χ3v) is 3.28. The van der Waals surface area contributed by atoms with E-state index < -0.39 is 11.6 Å². The lowest BCUT2D eigenvalue weighted by Crippen LogP contribution is -2.01. The lowest BCUT2D eigenvalue weighted by Gasteiger charge is -2.09. The molecule has 0 spiro atoms. The highest BCUT2D eigenvalue weighted by Crippen LogP contribution is 2.24. The van der Waals surface area contributed by atoms with Gasteiger partial charge in [0.05, 0.1) is 0 Å². The van der Waals surface area contributed by atoms with Crippen LogP contribution < -0.4 is 5.32 Å². The Bertz CT molecular complexity index is 570. The average molecular weight is 312 g/mol. The molecule has 0 aromatic heterocycles. The number of anilines is 1. The first-order chi connectivity index (χ1) is 8.56. The summed E-state index contributed by atoms with van der Waals surface area (Å²) in [5, 5.41) is 3.18. The van der Waals surface area contributed by atoms with E-state index in [9.17, 15) is 8.78 Å². The van der Waals surface area contributed by atoms with Crippen LogP contribution >= 0.6 is 15.9 Å². The van der Waals surface area contributed by atoms with Gasteiger partial charge in [0.1, 0.15) is 0 Å². The van der Waals surface area contributed by atoms with E-state index in [0.29, 0.717) is 12.1 Å². The molecule has 0 fully saturated rings. The smallest absolute Gasteiger partial charge is 0.159 e. The molecule has 0 radical (unpaired) electrons. The van der Waals surface area contributed by atoms with Gasteiger partial charge < -0.3 is 5.32 Å². The maximum atomic E-state index is 13.0. The fourth-order valence-corrected chi connectivity index (χ4v) is 2.01. The molecule has 0 aliphatic rings. The quantitative estimate of drug-likeness (QED) is 0.870. The predicted molar refractivity (Wildman–Crippen MR) is 72.6 cm³/mol. The van der Waals surface area contributed by atoms with Crippen molar-refractivity contribution in [1.82, 2.24) is 0 Å². The van der Waals surface area contributed by atoms with Crippen molar-refractivity contribution in [2.75, 3.05) is 5.32 Å². The van der Waals surface area contributed by atoms with E-state index in [-0.39, 0.29) is 0 Å². The zero-order chi connectivity index (χ0) is 13.1. The number of aryl methyl sites for hydroxylation is 1. The summed E-state index contributed by atoms with van der Waals surface area (Å²) in [7, 11) is 0. The van der Waals surface area contributed by atoms with Gasteiger partial charge in [-0.3, -0.25) is 0 Å². The summed E-state index contributed by atoms with van der Waals surface area (Å²) in [6.07, 6.45) is 0. The van der Waals surface area contributed by atoms with Crippen LogP contribution in [0.15, 0.2) is 40.9 Å². The van der Waals surface area contributed by atoms with Crippen LogP contribution in [0.3, 0.4) is 0 Å². The van der Waals surface area contributed by atoms with Gasteiger partial charge >= 0.3 is 0 Å². The van der Waals surface area contributed by atoms with Crippen LogP contribution in [0.1, 0.15) is 11.1 Å². The largest absolute Gasteiger partial charge is 0.380 e. The number of benzene rings is 2. The Hall–Kier alpha value is -1.42. The second-order valence-corrected chi connectivity index (χ2v) is 4.94. The highest BCUT2D eigenvalue weighted by Gasteiger charge is 2.04. The highest BCUT2D eigenvalue weighted by atomic mass is 79.9. The maximum absolute atomic E-state index is 13.0. The Kier molecular flexibility index (Phi) is 3.97. The van der Waals surface area contributed by atoms with E-state index in [0.717, 1.165) is 21.8 Å². The first kappa shape index (κ1) is 13.0. The number of hydrogen-bond donors (Lipinski definition) is 1. The summed E-state index contributed by atoms with van der Waals surface area (Å²) in [6.45, 7) is 2.44. The summed E-state index contributed by atoms with van der Waals surface area (Å²) in [6, 6.07) is 9.83. The molecule has 1 N–H and O–H groups in total. The molecule has 18 heavy (non-hydrogen) atoms. The van der Waals surface area contributed by atoms with Gasteiger partial charge in [0.15, 0.2) is 11.6 Å². The van der Waals surface area contributed by atoms with Crippen LogP contribution in [0.25, 0.3) is 0 Å². The first-order valence-corrected chi connectivity index (χ1v) is 6.29. The number of rotatable bonds is 3. The summed E-state index contributed by atoms with van der Waals surface area (Å²) < 4.78 is 26.8. The topological polar surface area (TPSA) is 12.0 Å². The van der Waals surface area contributed by atoms with E-state index in [1.807, 2.05) is 25.1 Å². The SMILES string of the molecule is Cc1ccc(Br)c(NCc2ccc(F)c(F)c2)c1. The fourth-order valence-electron chi connectivity index (χ4n) is 1.62. The third kappa shape index (κ3) is 3.07. The molecule has 94 valence electrons. The van der Waals surface area contributed by atoms with Crippen molar-refractivity contribution in [3.05, 3.63) is 63.6 Å². The molecule has 0 heterocycles. The second-order valence-electron chi connectivity index (χ2n) is 4.09. The summed E-state index contributed by atoms with van der Waals surface area (Å²) in [5.74, 6) is -1.65. The Morgan fingerprint density at radius 1 is 1.06 bits per heavy atom. The van der Waals surface area contributed by atoms with Crippen molar-refractivity contribution in [2.24, 2.45) is 0 Å². The molecule has 0 aliphatic carbocycles. The van der Waals surface area contributed by atoms with E-state index >= 15 is 0 Å². The first-order valence-electron chi connectivity index (χ1n) is 5.50. The van der Waals surface area contributed by atoms with Crippen LogP contribution in [-0.2, 0) is 6.54 Å². The average Bonchev–Trinajstić information content (AvgIpc) is 2.34. The molecular weight excluding hydrogens is 300 g/mol. The van der Waals surface area contributed by atoms with Crippen LogP contribution in [0.5, 0.6) is 0 Å². The Labute approximate surface area is 113 Å². The predicted octanol–water partition coefficient (Wildman–Crippen LogP) is 4.65. The van der Waals surface area contributed by atoms with E-state index in [2.05, 4.69) is 21.2 Å². The number of halogens is 3. The van der Waals surface area contributed by atoms with Crippen LogP contribution in [0, 0.1) is 18.6 Å². The summed E-state index contributed by atoms with van der Waals surface area (Å²) >= 11 is 3.43. The van der Waals surface area contributed by atoms with Gasteiger partial charge in [0, 0.05) is 16.7 Å². The van der Waals surface area contributed by atoms with Crippen LogP contribution in [0.2, 0.25) is 0 Å². The van der Waals surface area contributed by atoms with Crippen LogP contribution in [0.4, 0.5) is 14.5 Å². The van der Waals surface area contributed by atoms with Crippen molar-refractivity contribution >= 4 is 21.6 Å². The zero-order valence-corrected chi connectivity index (χ0v) is 11.4. The van der Waals surface area contributed by atoms with Crippen molar-refractivity contribution in [3.63, 3.8) is 0 Å². The Balaban J connectivity index is 2.11. The van der Waals surface area contributed by atoms with E-state index in [1.165, 1.54) is 6.07 Å². The molecule has 2 rings (SSSR count). The molecule has 0 saturated carbocycles. The van der Waals surface area contributed by atoms with E-state index in [4.69, 9.17) is 0 Å². The molecule has 0 unspecified atom stereocenters. The molecule has 2 aromatic carbocycles. The van der Waals surface area contributed by atoms with Gasteiger partial charge in [-0.2, -0.15) is 0 Å². The minimum absolute atomic E-state index is 0.444. The van der Waals surface area contributed by atoms with Crippen molar-refractivity contribution < 1.29 is 8.78 Å². The van der Waals surface area contributed by atoms with Crippen molar-refractivity contribution in [1.29, 1.82) is 0 Å². The van der Waals surface area contributed by atoms with Crippen molar-refractivity contribution in [3.8, 4) is 0 Å². The number of hydrogen-bond acceptors (Lipinski definition) is 1. The van der Waals surface area contributed by atoms with Crippen LogP contribution in [-0.4, -0.2) is 0 Å². The lowest BCUT2D eigenvalue weighted by molar-refractivity contribution is 0.507. The minimum atomic E-state index is -0.824. The van der Waals surface area contributed by atoms with Gasteiger partial charge in [-0.15, -0.1) is 0 Å². The molecule has 1 nitrogen and oxygen atoms in total. The summed E-state index contributed by atoms with van der Waals surface area (Å²) in [5.41, 5.74) is 2.76. The van der Waals surface area contributed by atoms with Crippen molar-refractivity contribution in [2.45, 2.75) is 13.5 Å². The Morgan fingerprint density at radius 2 is 1.83 bits per heavy atom. The summed E-state index contributed by atoms with van der Waals surface area (Å²) in [4.78, 5) is 0. The molecule has 2 aromatic rings. The molecule has 0 saturated heterocycles. The molecule has 0 bridgehead atoms. The number of nitrogens with one attached hydrogen (secondary N) is 1. The lowest BCUT2D eigenvalue weighted by atomic mass is 10.2. The van der Waals surface area contributed by atoms with E-state index in [1.54, 1.807) is 6.07 Å². The van der Waals surface area contributed by atoms with Gasteiger partial charge in [-0.25, -0.2) is 8.78 Å². The minimum Gasteiger partial charge on any atom is -0.380 e. The third-order valence-electron chi connectivity index (χ3n) is 2.59. The Morgan fingerprint density at radius 3 is 2.56 bits per heavy atom. The molecule has 0 atom stereocenters. The normalized spacial score (nSPS) is 10.4. The zero-order valence-electron chi connectivity index (χ0n) is 9.81. The van der Waals surface area contributed by atoms with Gasteiger partial charge in [0.25, 0.3) is 0 Å². The van der Waals surface area contributed by atoms with Gasteiger partial charge in [0.2, 0.25) is 0 Å². The standard InChI is InChI=1S/C14H12BrF2N/c1-9-2-4-11(15)14(6-9)18-8-10-3-5-12(16)13(17)7-10/h2-7,18H,8H2,1H3. The molecule has 4 heteroatoms. The monoisotopic (exact) mass is 311 g/mol. The molecular formula is C14H12BrF2N. The second kappa shape index (κ2) is 5.48. The molecule has 0 aliphatic heterocycles.